The van der Waals surface area contributed by atoms with Gasteiger partial charge in [0, 0.05) is 30.5 Å². The van der Waals surface area contributed by atoms with Gasteiger partial charge in [-0.2, -0.15) is 8.61 Å². The van der Waals surface area contributed by atoms with E-state index in [1.807, 2.05) is 41.5 Å². The van der Waals surface area contributed by atoms with Gasteiger partial charge >= 0.3 is 11.9 Å². The number of nitrogens with zero attached hydrogens (tertiary/aromatic N) is 2. The van der Waals surface area contributed by atoms with Crippen molar-refractivity contribution < 1.29 is 55.2 Å². The van der Waals surface area contributed by atoms with E-state index < -0.39 is 25.6 Å². The molecular weight excluding hydrogens is 905 g/mol. The van der Waals surface area contributed by atoms with Gasteiger partial charge in [-0.25, -0.2) is 16.8 Å². The van der Waals surface area contributed by atoms with Crippen LogP contribution in [0.5, 0.6) is 11.5 Å². The topological polar surface area (TPSA) is 175 Å². The van der Waals surface area contributed by atoms with Crippen molar-refractivity contribution in [3.63, 3.8) is 0 Å². The van der Waals surface area contributed by atoms with Crippen LogP contribution >= 0.6 is 15.9 Å². The third-order valence-corrected chi connectivity index (χ3v) is 14.6. The number of rotatable bonds is 14. The van der Waals surface area contributed by atoms with Gasteiger partial charge in [-0.05, 0) is 141 Å². The fourth-order valence-electron chi connectivity index (χ4n) is 7.27. The second-order valence-electron chi connectivity index (χ2n) is 17.3. The number of aliphatic hydroxyl groups is 1. The molecule has 0 saturated carbocycles. The van der Waals surface area contributed by atoms with Crippen LogP contribution in [0.4, 0.5) is 0 Å². The maximum atomic E-state index is 13.5. The van der Waals surface area contributed by atoms with Crippen LogP contribution < -0.4 is 9.47 Å². The minimum atomic E-state index is -3.67. The Morgan fingerprint density at radius 3 is 1.40 bits per heavy atom. The molecule has 2 saturated heterocycles. The molecule has 0 amide bonds. The van der Waals surface area contributed by atoms with Crippen molar-refractivity contribution >= 4 is 47.9 Å². The van der Waals surface area contributed by atoms with E-state index in [9.17, 15) is 31.5 Å². The van der Waals surface area contributed by atoms with Crippen LogP contribution in [0.2, 0.25) is 0 Å². The molecule has 14 nitrogen and oxygen atoms in total. The number of aryl methyl sites for hydroxylation is 4. The van der Waals surface area contributed by atoms with Crippen molar-refractivity contribution in [3.05, 3.63) is 46.5 Å². The first kappa shape index (κ1) is 57.2. The smallest absolute Gasteiger partial charge is 0.308 e. The Morgan fingerprint density at radius 1 is 0.677 bits per heavy atom. The molecule has 0 aliphatic carbocycles. The number of benzene rings is 2. The van der Waals surface area contributed by atoms with Crippen molar-refractivity contribution in [2.24, 2.45) is 0 Å². The Hall–Kier alpha value is -2.80. The van der Waals surface area contributed by atoms with E-state index in [1.165, 1.54) is 4.31 Å². The molecule has 2 aromatic rings. The first-order chi connectivity index (χ1) is 28.3. The predicted molar refractivity (Wildman–Crippen MR) is 247 cm³/mol. The Labute approximate surface area is 381 Å². The molecule has 2 atom stereocenters. The van der Waals surface area contributed by atoms with Gasteiger partial charge in [-0.3, -0.25) is 9.59 Å². The Bertz CT molecular complexity index is 1920. The van der Waals surface area contributed by atoms with Gasteiger partial charge in [0.25, 0.3) is 0 Å². The minimum absolute atomic E-state index is 0. The Morgan fingerprint density at radius 2 is 1.05 bits per heavy atom. The van der Waals surface area contributed by atoms with Gasteiger partial charge in [0.05, 0.1) is 56.7 Å². The summed E-state index contributed by atoms with van der Waals surface area (Å²) >= 11 is 3.16. The molecule has 2 aliphatic heterocycles. The van der Waals surface area contributed by atoms with Crippen molar-refractivity contribution in [1.29, 1.82) is 0 Å². The van der Waals surface area contributed by atoms with Crippen LogP contribution in [-0.4, -0.2) is 118 Å². The van der Waals surface area contributed by atoms with Crippen LogP contribution in [0, 0.1) is 27.7 Å². The van der Waals surface area contributed by atoms with Crippen LogP contribution in [-0.2, 0) is 43.8 Å². The quantitative estimate of drug-likeness (QED) is 0.109. The summed E-state index contributed by atoms with van der Waals surface area (Å²) in [4.78, 5) is 23.3. The number of hydrogen-bond acceptors (Lipinski definition) is 12. The molecule has 2 heterocycles. The van der Waals surface area contributed by atoms with E-state index in [4.69, 9.17) is 23.7 Å². The molecule has 0 aromatic heterocycles. The molecule has 0 bridgehead atoms. The Balaban J connectivity index is 0.000000520. The maximum absolute atomic E-state index is 13.5. The number of carbonyl (C=O) groups is 2. The average molecular weight is 980 g/mol. The molecule has 0 spiro atoms. The highest BCUT2D eigenvalue weighted by Crippen LogP contribution is 2.33. The lowest BCUT2D eigenvalue weighted by molar-refractivity contribution is -0.156. The van der Waals surface area contributed by atoms with Crippen molar-refractivity contribution in [2.75, 3.05) is 52.5 Å². The molecule has 62 heavy (non-hydrogen) atoms. The van der Waals surface area contributed by atoms with E-state index in [1.54, 1.807) is 70.5 Å². The monoisotopic (exact) mass is 978 g/mol. The highest BCUT2D eigenvalue weighted by Gasteiger charge is 2.37. The maximum Gasteiger partial charge on any atom is 0.308 e. The van der Waals surface area contributed by atoms with Gasteiger partial charge < -0.3 is 28.8 Å². The third-order valence-electron chi connectivity index (χ3n) is 9.73. The minimum Gasteiger partial charge on any atom is -0.497 e. The molecule has 356 valence electrons. The summed E-state index contributed by atoms with van der Waals surface area (Å²) in [6, 6.07) is 6.40. The number of esters is 2. The Kier molecular flexibility index (Phi) is 23.7. The van der Waals surface area contributed by atoms with Gasteiger partial charge in [0.1, 0.15) is 22.7 Å². The van der Waals surface area contributed by atoms with Crippen LogP contribution in [0.1, 0.15) is 123 Å². The lowest BCUT2D eigenvalue weighted by Crippen LogP contribution is -2.46. The molecule has 2 aromatic carbocycles. The summed E-state index contributed by atoms with van der Waals surface area (Å²) in [5.41, 5.74) is 1.81. The summed E-state index contributed by atoms with van der Waals surface area (Å²) in [6.45, 7) is 19.4. The van der Waals surface area contributed by atoms with Gasteiger partial charge in [-0.15, -0.1) is 0 Å². The van der Waals surface area contributed by atoms with Gasteiger partial charge in [-0.1, -0.05) is 36.2 Å². The number of sulfonamides is 2. The number of hydrogen-bond donors (Lipinski definition) is 1. The summed E-state index contributed by atoms with van der Waals surface area (Å²) in [6.07, 6.45) is 5.60. The molecule has 17 heteroatoms. The second-order valence-corrected chi connectivity index (χ2v) is 21.8. The third kappa shape index (κ3) is 17.6. The summed E-state index contributed by atoms with van der Waals surface area (Å²) in [5, 5.41) is 10.1. The molecule has 2 fully saturated rings. The standard InChI is InChI=1S/C22H35NO6S.C15H23NO4S.C7H13BrO2.CH4/c1-16-13-19(27-6)14-17(2)21(16)30(25,26)23-11-8-7-9-18(23)15-28-12-10-20(24)29-22(3,4)5;1-11-8-14(20-3)9-12(2)15(11)21(18,19)16-7-5-4-6-13(16)10-17;1-7(2,3)10-6(9)4-5-8;/h13-14,18H,7-12,15H2,1-6H3;8-9,13,17H,4-7,10H2,1-3H3;4-5H2,1-3H3;1H4. The lowest BCUT2D eigenvalue weighted by Gasteiger charge is -2.35. The zero-order valence-corrected chi connectivity index (χ0v) is 41.6. The first-order valence-corrected chi connectivity index (χ1v) is 24.9. The van der Waals surface area contributed by atoms with Gasteiger partial charge in [0.2, 0.25) is 20.0 Å². The van der Waals surface area contributed by atoms with E-state index in [-0.39, 0.29) is 63.3 Å². The first-order valence-electron chi connectivity index (χ1n) is 20.8. The molecule has 0 radical (unpaired) electrons. The second kappa shape index (κ2) is 25.6. The van der Waals surface area contributed by atoms with E-state index in [2.05, 4.69) is 15.9 Å². The van der Waals surface area contributed by atoms with E-state index in [0.717, 1.165) is 32.1 Å². The summed E-state index contributed by atoms with van der Waals surface area (Å²) in [7, 11) is -4.13. The number of aliphatic hydroxyl groups excluding tert-OH is 1. The normalized spacial score (nSPS) is 17.6. The van der Waals surface area contributed by atoms with Crippen molar-refractivity contribution in [2.45, 2.75) is 161 Å². The van der Waals surface area contributed by atoms with Gasteiger partial charge in [0.15, 0.2) is 0 Å². The average Bonchev–Trinajstić information content (AvgIpc) is 3.15. The molecule has 2 unspecified atom stereocenters. The number of carbonyl (C=O) groups excluding carboxylic acids is 2. The lowest BCUT2D eigenvalue weighted by atomic mass is 10.1. The highest BCUT2D eigenvalue weighted by atomic mass is 79.9. The van der Waals surface area contributed by atoms with E-state index >= 15 is 0 Å². The number of piperidine rings is 2. The largest absolute Gasteiger partial charge is 0.497 e. The van der Waals surface area contributed by atoms with E-state index in [0.29, 0.717) is 74.8 Å². The van der Waals surface area contributed by atoms with Crippen molar-refractivity contribution in [1.82, 2.24) is 8.61 Å². The van der Waals surface area contributed by atoms with Crippen LogP contribution in [0.25, 0.3) is 0 Å². The summed E-state index contributed by atoms with van der Waals surface area (Å²) in [5.74, 6) is 0.829. The highest BCUT2D eigenvalue weighted by molar-refractivity contribution is 9.09. The van der Waals surface area contributed by atoms with Crippen LogP contribution in [0.15, 0.2) is 34.1 Å². The summed E-state index contributed by atoms with van der Waals surface area (Å²) < 4.78 is 82.4. The fourth-order valence-corrected chi connectivity index (χ4v) is 11.8. The number of halogens is 1. The number of alkyl halides is 1. The van der Waals surface area contributed by atoms with Crippen LogP contribution in [0.3, 0.4) is 0 Å². The SMILES string of the molecule is C.CC(C)(C)OC(=O)CCBr.COc1cc(C)c(S(=O)(=O)N2CCCCC2CO)c(C)c1.COc1cc(C)c(S(=O)(=O)N2CCCCC2COCCC(=O)OC(C)(C)C)c(C)c1. The molecule has 1 N–H and O–H groups in total. The molecular formula is C45H75BrN2O12S2. The zero-order chi connectivity index (χ0) is 46.3. The molecule has 4 rings (SSSR count). The fraction of sp³-hybridized carbons (Fsp3) is 0.689. The number of methoxy groups -OCH3 is 2. The molecule has 2 aliphatic rings. The zero-order valence-electron chi connectivity index (χ0n) is 38.4. The predicted octanol–water partition coefficient (Wildman–Crippen LogP) is 8.20. The number of ether oxygens (including phenoxy) is 5. The van der Waals surface area contributed by atoms with Crippen molar-refractivity contribution in [3.8, 4) is 11.5 Å².